The van der Waals surface area contributed by atoms with Crippen LogP contribution >= 0.6 is 11.3 Å². The van der Waals surface area contributed by atoms with E-state index < -0.39 is 6.09 Å². The molecule has 3 rings (SSSR count). The molecule has 1 N–H and O–H groups in total. The zero-order chi connectivity index (χ0) is 18.5. The predicted molar refractivity (Wildman–Crippen MR) is 106 cm³/mol. The van der Waals surface area contributed by atoms with Crippen molar-refractivity contribution in [3.05, 3.63) is 60.7 Å². The summed E-state index contributed by atoms with van der Waals surface area (Å²) in [4.78, 5) is 15.5. The lowest BCUT2D eigenvalue weighted by atomic mass is 10.1. The highest BCUT2D eigenvalue weighted by atomic mass is 32.1. The maximum atomic E-state index is 12.5. The van der Waals surface area contributed by atoms with Crippen LogP contribution in [0.15, 0.2) is 60.7 Å². The van der Waals surface area contributed by atoms with Gasteiger partial charge in [0.15, 0.2) is 11.5 Å². The highest BCUT2D eigenvalue weighted by molar-refractivity contribution is 7.19. The fraction of sp³-hybridized carbons (Fsp3) is 0.190. The SMILES string of the molecule is CCN(CC)C(=O)Oc1c(-c2ccccc2)sc(-c2ccccc2)c1O. The molecular formula is C21H21NO3S. The van der Waals surface area contributed by atoms with E-state index >= 15 is 0 Å². The minimum Gasteiger partial charge on any atom is -0.503 e. The minimum atomic E-state index is -0.458. The maximum absolute atomic E-state index is 12.5. The summed E-state index contributed by atoms with van der Waals surface area (Å²) in [5.74, 6) is 0.220. The molecule has 0 radical (unpaired) electrons. The van der Waals surface area contributed by atoms with Crippen LogP contribution in [0.1, 0.15) is 13.8 Å². The predicted octanol–water partition coefficient (Wildman–Crippen LogP) is 5.63. The van der Waals surface area contributed by atoms with E-state index in [0.29, 0.717) is 18.0 Å². The standard InChI is InChI=1S/C21H21NO3S/c1-3-22(4-2)21(24)25-18-17(23)19(15-11-7-5-8-12-15)26-20(18)16-13-9-6-10-14-16/h5-14,23H,3-4H2,1-2H3. The lowest BCUT2D eigenvalue weighted by Gasteiger charge is -2.18. The van der Waals surface area contributed by atoms with Crippen molar-refractivity contribution in [2.24, 2.45) is 0 Å². The number of carbonyl (C=O) groups is 1. The Morgan fingerprint density at radius 1 is 0.923 bits per heavy atom. The zero-order valence-electron chi connectivity index (χ0n) is 14.8. The Balaban J connectivity index is 2.09. The van der Waals surface area contributed by atoms with Crippen molar-refractivity contribution in [1.82, 2.24) is 4.90 Å². The second-order valence-corrected chi connectivity index (χ2v) is 6.73. The first-order chi connectivity index (χ1) is 12.7. The van der Waals surface area contributed by atoms with E-state index in [1.165, 1.54) is 11.3 Å². The summed E-state index contributed by atoms with van der Waals surface area (Å²) in [7, 11) is 0. The molecule has 134 valence electrons. The van der Waals surface area contributed by atoms with E-state index in [9.17, 15) is 9.90 Å². The van der Waals surface area contributed by atoms with Crippen molar-refractivity contribution in [1.29, 1.82) is 0 Å². The third-order valence-electron chi connectivity index (χ3n) is 4.12. The van der Waals surface area contributed by atoms with Crippen LogP contribution in [0.5, 0.6) is 11.5 Å². The molecule has 5 heteroatoms. The van der Waals surface area contributed by atoms with Crippen LogP contribution in [0.4, 0.5) is 4.79 Å². The maximum Gasteiger partial charge on any atom is 0.415 e. The average Bonchev–Trinajstić information content (AvgIpc) is 3.01. The summed E-state index contributed by atoms with van der Waals surface area (Å²) in [5.41, 5.74) is 1.79. The second kappa shape index (κ2) is 8.06. The molecule has 1 aromatic heterocycles. The number of ether oxygens (including phenoxy) is 1. The summed E-state index contributed by atoms with van der Waals surface area (Å²) in [6.07, 6.45) is -0.458. The lowest BCUT2D eigenvalue weighted by molar-refractivity contribution is 0.156. The van der Waals surface area contributed by atoms with Gasteiger partial charge in [-0.1, -0.05) is 60.7 Å². The van der Waals surface area contributed by atoms with Crippen molar-refractivity contribution in [3.8, 4) is 32.4 Å². The first-order valence-corrected chi connectivity index (χ1v) is 9.40. The van der Waals surface area contributed by atoms with E-state index in [1.54, 1.807) is 4.90 Å². The smallest absolute Gasteiger partial charge is 0.415 e. The monoisotopic (exact) mass is 367 g/mol. The molecule has 2 aromatic carbocycles. The van der Waals surface area contributed by atoms with Gasteiger partial charge in [-0.25, -0.2) is 4.79 Å². The van der Waals surface area contributed by atoms with Gasteiger partial charge in [-0.05, 0) is 25.0 Å². The van der Waals surface area contributed by atoms with Crippen LogP contribution in [0.2, 0.25) is 0 Å². The van der Waals surface area contributed by atoms with E-state index in [4.69, 9.17) is 4.74 Å². The van der Waals surface area contributed by atoms with E-state index in [-0.39, 0.29) is 11.5 Å². The fourth-order valence-corrected chi connectivity index (χ4v) is 3.83. The third kappa shape index (κ3) is 3.58. The van der Waals surface area contributed by atoms with Crippen molar-refractivity contribution in [2.75, 3.05) is 13.1 Å². The fourth-order valence-electron chi connectivity index (χ4n) is 2.70. The Hall–Kier alpha value is -2.79. The molecule has 3 aromatic rings. The van der Waals surface area contributed by atoms with Gasteiger partial charge in [-0.3, -0.25) is 0 Å². The van der Waals surface area contributed by atoms with Gasteiger partial charge >= 0.3 is 6.09 Å². The van der Waals surface area contributed by atoms with Crippen LogP contribution < -0.4 is 4.74 Å². The van der Waals surface area contributed by atoms with Crippen LogP contribution in [0.3, 0.4) is 0 Å². The largest absolute Gasteiger partial charge is 0.503 e. The number of aromatic hydroxyl groups is 1. The Morgan fingerprint density at radius 2 is 1.42 bits per heavy atom. The number of rotatable bonds is 5. The summed E-state index contributed by atoms with van der Waals surface area (Å²) in [5, 5.41) is 10.8. The zero-order valence-corrected chi connectivity index (χ0v) is 15.6. The molecule has 0 aliphatic carbocycles. The summed E-state index contributed by atoms with van der Waals surface area (Å²) in [6, 6.07) is 19.3. The van der Waals surface area contributed by atoms with Gasteiger partial charge < -0.3 is 14.7 Å². The van der Waals surface area contributed by atoms with Crippen molar-refractivity contribution < 1.29 is 14.6 Å². The first-order valence-electron chi connectivity index (χ1n) is 8.59. The van der Waals surface area contributed by atoms with Gasteiger partial charge in [0.25, 0.3) is 0 Å². The van der Waals surface area contributed by atoms with Crippen molar-refractivity contribution in [2.45, 2.75) is 13.8 Å². The second-order valence-electron chi connectivity index (χ2n) is 5.71. The highest BCUT2D eigenvalue weighted by Crippen LogP contribution is 2.51. The summed E-state index contributed by atoms with van der Waals surface area (Å²) < 4.78 is 5.62. The Morgan fingerprint density at radius 3 is 1.92 bits per heavy atom. The van der Waals surface area contributed by atoms with Gasteiger partial charge in [-0.2, -0.15) is 0 Å². The molecular weight excluding hydrogens is 346 g/mol. The highest BCUT2D eigenvalue weighted by Gasteiger charge is 2.25. The van der Waals surface area contributed by atoms with E-state index in [2.05, 4.69) is 0 Å². The molecule has 0 aliphatic heterocycles. The van der Waals surface area contributed by atoms with Gasteiger partial charge in [0.1, 0.15) is 0 Å². The van der Waals surface area contributed by atoms with E-state index in [1.807, 2.05) is 74.5 Å². The van der Waals surface area contributed by atoms with Gasteiger partial charge in [0.2, 0.25) is 0 Å². The Kier molecular flexibility index (Phi) is 5.58. The van der Waals surface area contributed by atoms with Gasteiger partial charge in [0, 0.05) is 13.1 Å². The van der Waals surface area contributed by atoms with Gasteiger partial charge in [0.05, 0.1) is 9.75 Å². The summed E-state index contributed by atoms with van der Waals surface area (Å²) in [6.45, 7) is 4.89. The molecule has 0 unspecified atom stereocenters. The quantitative estimate of drug-likeness (QED) is 0.636. The van der Waals surface area contributed by atoms with Crippen LogP contribution in [0, 0.1) is 0 Å². The Labute approximate surface area is 157 Å². The number of hydrogen-bond acceptors (Lipinski definition) is 4. The molecule has 0 fully saturated rings. The number of amides is 1. The molecule has 0 spiro atoms. The van der Waals surface area contributed by atoms with Crippen LogP contribution in [0.25, 0.3) is 20.9 Å². The van der Waals surface area contributed by atoms with Gasteiger partial charge in [-0.15, -0.1) is 11.3 Å². The molecule has 1 amide bonds. The molecule has 0 bridgehead atoms. The number of nitrogens with zero attached hydrogens (tertiary/aromatic N) is 1. The number of hydrogen-bond donors (Lipinski definition) is 1. The lowest BCUT2D eigenvalue weighted by Crippen LogP contribution is -2.33. The molecule has 0 saturated heterocycles. The number of carbonyl (C=O) groups excluding carboxylic acids is 1. The summed E-state index contributed by atoms with van der Waals surface area (Å²) >= 11 is 1.42. The minimum absolute atomic E-state index is 0.000518. The average molecular weight is 367 g/mol. The molecule has 1 heterocycles. The molecule has 4 nitrogen and oxygen atoms in total. The topological polar surface area (TPSA) is 49.8 Å². The normalized spacial score (nSPS) is 10.5. The third-order valence-corrected chi connectivity index (χ3v) is 5.38. The van der Waals surface area contributed by atoms with Crippen molar-refractivity contribution in [3.63, 3.8) is 0 Å². The van der Waals surface area contributed by atoms with Crippen molar-refractivity contribution >= 4 is 17.4 Å². The van der Waals surface area contributed by atoms with Crippen LogP contribution in [-0.2, 0) is 0 Å². The van der Waals surface area contributed by atoms with E-state index in [0.717, 1.165) is 16.0 Å². The Bertz CT molecular complexity index is 871. The molecule has 0 saturated carbocycles. The molecule has 26 heavy (non-hydrogen) atoms. The number of thiophene rings is 1. The first kappa shape index (κ1) is 18.0. The van der Waals surface area contributed by atoms with Crippen LogP contribution in [-0.4, -0.2) is 29.2 Å². The molecule has 0 aliphatic rings. The number of benzene rings is 2. The molecule has 0 atom stereocenters.